The molecule has 0 bridgehead atoms. The molecule has 0 amide bonds. The molecule has 2 aliphatic rings. The molecule has 1 heterocycles. The van der Waals surface area contributed by atoms with Crippen LogP contribution in [0.25, 0.3) is 11.1 Å². The van der Waals surface area contributed by atoms with E-state index in [1.165, 1.54) is 25.8 Å². The van der Waals surface area contributed by atoms with Crippen LogP contribution in [-0.4, -0.2) is 11.5 Å². The van der Waals surface area contributed by atoms with Gasteiger partial charge in [0, 0.05) is 15.7 Å². The minimum atomic E-state index is -0.0209. The van der Waals surface area contributed by atoms with Crippen LogP contribution in [-0.2, 0) is 11.2 Å². The lowest BCUT2D eigenvalue weighted by molar-refractivity contribution is -0.122. The number of Topliss-reactive ketones (excluding diaryl/α,β-unsaturated/α-hetero) is 1. The van der Waals surface area contributed by atoms with Gasteiger partial charge in [-0.15, -0.1) is 0 Å². The highest BCUT2D eigenvalue weighted by Crippen LogP contribution is 2.39. The van der Waals surface area contributed by atoms with Crippen LogP contribution in [0.4, 0.5) is 5.69 Å². The monoisotopic (exact) mass is 477 g/mol. The van der Waals surface area contributed by atoms with Crippen LogP contribution in [0.5, 0.6) is 0 Å². The fraction of sp³-hybridized carbons (Fsp3) is 0.200. The van der Waals surface area contributed by atoms with Crippen molar-refractivity contribution in [2.75, 3.05) is 0 Å². The lowest BCUT2D eigenvalue weighted by Gasteiger charge is -2.32. The van der Waals surface area contributed by atoms with Crippen LogP contribution in [0.15, 0.2) is 77.8 Å². The van der Waals surface area contributed by atoms with E-state index in [-0.39, 0.29) is 11.8 Å². The minimum Gasteiger partial charge on any atom is -0.299 e. The van der Waals surface area contributed by atoms with Gasteiger partial charge in [0.25, 0.3) is 0 Å². The Morgan fingerprint density at radius 2 is 1.57 bits per heavy atom. The van der Waals surface area contributed by atoms with Crippen molar-refractivity contribution in [3.63, 3.8) is 0 Å². The predicted octanol–water partition coefficient (Wildman–Crippen LogP) is 6.35. The topological polar surface area (TPSA) is 29.4 Å². The van der Waals surface area contributed by atoms with Gasteiger partial charge in [0.2, 0.25) is 0 Å². The third-order valence-corrected chi connectivity index (χ3v) is 6.59. The molecule has 1 aliphatic heterocycles. The van der Waals surface area contributed by atoms with Gasteiger partial charge in [-0.3, -0.25) is 9.79 Å². The molecular weight excluding hydrogens is 457 g/mol. The van der Waals surface area contributed by atoms with Gasteiger partial charge in [0.15, 0.2) is 0 Å². The van der Waals surface area contributed by atoms with Gasteiger partial charge < -0.3 is 0 Å². The smallest absolute Gasteiger partial charge is 0.142 e. The maximum absolute atomic E-state index is 12.9. The average molecular weight is 477 g/mol. The quantitative estimate of drug-likeness (QED) is 0.396. The second kappa shape index (κ2) is 7.28. The third kappa shape index (κ3) is 3.32. The van der Waals surface area contributed by atoms with Crippen molar-refractivity contribution in [1.82, 2.24) is 0 Å². The van der Waals surface area contributed by atoms with Crippen molar-refractivity contribution in [3.05, 3.63) is 87.5 Å². The van der Waals surface area contributed by atoms with E-state index in [0.717, 1.165) is 24.2 Å². The summed E-state index contributed by atoms with van der Waals surface area (Å²) in [5, 5.41) is 0. The Kier molecular flexibility index (Phi) is 4.63. The molecule has 5 rings (SSSR count). The molecular formula is C25H20INO. The van der Waals surface area contributed by atoms with Gasteiger partial charge in [-0.1, -0.05) is 60.7 Å². The molecule has 0 spiro atoms. The maximum atomic E-state index is 12.9. The molecule has 2 nitrogen and oxygen atoms in total. The number of hydrogen-bond acceptors (Lipinski definition) is 2. The number of hydrogen-bond donors (Lipinski definition) is 0. The molecule has 0 saturated heterocycles. The Labute approximate surface area is 178 Å². The first-order valence-electron chi connectivity index (χ1n) is 9.71. The standard InChI is InChI=1S/C25H20INO/c26-21-11-10-19-12-22-24(27-23(19)15-21)13-20(14-25(22)28)18-8-6-17(7-9-18)16-4-2-1-3-5-16/h1-11,15,20,22H,12-14H2. The first-order chi connectivity index (χ1) is 13.7. The highest BCUT2D eigenvalue weighted by atomic mass is 127. The Morgan fingerprint density at radius 3 is 2.36 bits per heavy atom. The fourth-order valence-electron chi connectivity index (χ4n) is 4.40. The number of benzene rings is 3. The molecule has 138 valence electrons. The van der Waals surface area contributed by atoms with Gasteiger partial charge in [0.1, 0.15) is 5.78 Å². The molecule has 0 radical (unpaired) electrons. The lowest BCUT2D eigenvalue weighted by atomic mass is 9.73. The van der Waals surface area contributed by atoms with Gasteiger partial charge >= 0.3 is 0 Å². The molecule has 3 aromatic rings. The van der Waals surface area contributed by atoms with Crippen molar-refractivity contribution >= 4 is 39.8 Å². The number of carbonyl (C=O) groups is 1. The van der Waals surface area contributed by atoms with E-state index in [1.54, 1.807) is 0 Å². The molecule has 2 unspecified atom stereocenters. The van der Waals surface area contributed by atoms with Crippen molar-refractivity contribution in [2.24, 2.45) is 10.9 Å². The second-order valence-electron chi connectivity index (χ2n) is 7.69. The fourth-order valence-corrected chi connectivity index (χ4v) is 4.87. The van der Waals surface area contributed by atoms with E-state index in [9.17, 15) is 4.79 Å². The second-order valence-corrected chi connectivity index (χ2v) is 8.94. The summed E-state index contributed by atoms with van der Waals surface area (Å²) in [4.78, 5) is 17.8. The zero-order valence-corrected chi connectivity index (χ0v) is 17.6. The third-order valence-electron chi connectivity index (χ3n) is 5.92. The summed E-state index contributed by atoms with van der Waals surface area (Å²) in [6.45, 7) is 0. The molecule has 3 aromatic carbocycles. The summed E-state index contributed by atoms with van der Waals surface area (Å²) in [6, 6.07) is 25.5. The SMILES string of the molecule is O=C1CC(c2ccc(-c3ccccc3)cc2)CC2=Nc3cc(I)ccc3CC12. The van der Waals surface area contributed by atoms with E-state index in [0.29, 0.717) is 12.2 Å². The van der Waals surface area contributed by atoms with Crippen LogP contribution < -0.4 is 0 Å². The van der Waals surface area contributed by atoms with Crippen molar-refractivity contribution in [1.29, 1.82) is 0 Å². The number of ketones is 1. The van der Waals surface area contributed by atoms with E-state index in [2.05, 4.69) is 89.3 Å². The zero-order valence-electron chi connectivity index (χ0n) is 15.4. The number of fused-ring (bicyclic) bond motifs is 2. The number of carbonyl (C=O) groups excluding carboxylic acids is 1. The molecule has 3 heteroatoms. The lowest BCUT2D eigenvalue weighted by Crippen LogP contribution is -2.35. The summed E-state index contributed by atoms with van der Waals surface area (Å²) in [5.41, 5.74) is 6.99. The van der Waals surface area contributed by atoms with Crippen LogP contribution in [0.2, 0.25) is 0 Å². The minimum absolute atomic E-state index is 0.0209. The zero-order chi connectivity index (χ0) is 19.1. The number of halogens is 1. The summed E-state index contributed by atoms with van der Waals surface area (Å²) in [6.07, 6.45) is 2.31. The van der Waals surface area contributed by atoms with E-state index in [4.69, 9.17) is 4.99 Å². The average Bonchev–Trinajstić information content (AvgIpc) is 2.73. The molecule has 2 atom stereocenters. The predicted molar refractivity (Wildman–Crippen MR) is 122 cm³/mol. The van der Waals surface area contributed by atoms with Crippen LogP contribution in [0.1, 0.15) is 29.9 Å². The summed E-state index contributed by atoms with van der Waals surface area (Å²) in [5.74, 6) is 0.551. The van der Waals surface area contributed by atoms with E-state index >= 15 is 0 Å². The van der Waals surface area contributed by atoms with Crippen LogP contribution in [0, 0.1) is 9.49 Å². The molecule has 0 N–H and O–H groups in total. The number of aliphatic imine (C=N–C) groups is 1. The Balaban J connectivity index is 1.43. The highest BCUT2D eigenvalue weighted by molar-refractivity contribution is 14.1. The molecule has 28 heavy (non-hydrogen) atoms. The van der Waals surface area contributed by atoms with Gasteiger partial charge in [-0.25, -0.2) is 0 Å². The Hall–Kier alpha value is -2.27. The molecule has 0 aromatic heterocycles. The summed E-state index contributed by atoms with van der Waals surface area (Å²) in [7, 11) is 0. The number of rotatable bonds is 2. The van der Waals surface area contributed by atoms with Gasteiger partial charge in [-0.05, 0) is 75.7 Å². The first kappa shape index (κ1) is 17.8. The van der Waals surface area contributed by atoms with Gasteiger partial charge in [-0.2, -0.15) is 0 Å². The summed E-state index contributed by atoms with van der Waals surface area (Å²) < 4.78 is 1.19. The van der Waals surface area contributed by atoms with E-state index < -0.39 is 0 Å². The first-order valence-corrected chi connectivity index (χ1v) is 10.8. The van der Waals surface area contributed by atoms with Crippen molar-refractivity contribution in [3.8, 4) is 11.1 Å². The van der Waals surface area contributed by atoms with Crippen molar-refractivity contribution in [2.45, 2.75) is 25.2 Å². The maximum Gasteiger partial charge on any atom is 0.142 e. The molecule has 1 saturated carbocycles. The van der Waals surface area contributed by atoms with Crippen LogP contribution in [0.3, 0.4) is 0 Å². The Bertz CT molecular complexity index is 1070. The van der Waals surface area contributed by atoms with Gasteiger partial charge in [0.05, 0.1) is 11.6 Å². The number of nitrogens with zero attached hydrogens (tertiary/aromatic N) is 1. The molecule has 1 aliphatic carbocycles. The van der Waals surface area contributed by atoms with Crippen LogP contribution >= 0.6 is 22.6 Å². The largest absolute Gasteiger partial charge is 0.299 e. The highest BCUT2D eigenvalue weighted by Gasteiger charge is 2.36. The Morgan fingerprint density at radius 1 is 0.821 bits per heavy atom. The molecule has 1 fully saturated rings. The van der Waals surface area contributed by atoms with Crippen molar-refractivity contribution < 1.29 is 4.79 Å². The van der Waals surface area contributed by atoms with E-state index in [1.807, 2.05) is 6.07 Å². The normalized spacial score (nSPS) is 20.9. The summed E-state index contributed by atoms with van der Waals surface area (Å²) >= 11 is 2.32.